The fourth-order valence-electron chi connectivity index (χ4n) is 5.86. The second-order valence-corrected chi connectivity index (χ2v) is 13.4. The Bertz CT molecular complexity index is 1680. The number of hydrogen-bond donors (Lipinski definition) is 2. The highest BCUT2D eigenvalue weighted by atomic mass is 35.5. The quantitative estimate of drug-likeness (QED) is 0.388. The standard InChI is InChI=1S/C31H36ClN9O/c1-31(2,3)16-34-30-24-9-20(10-26(32)28(24)35-18-40(30)17-33)36-29(27-13-41(38-37-27)21-7-8-21)23-6-4-5-19-11-39(12-25(19)23)22-14-42-15-22/h4-6,9-10,13,21-22,29,34,36H,7-8,11-12,14-16,18H2,1-3H3/t29-/m0/s1. The van der Waals surface area contributed by atoms with E-state index in [0.717, 1.165) is 61.6 Å². The fraction of sp³-hybridized carbons (Fsp3) is 0.484. The van der Waals surface area contributed by atoms with Gasteiger partial charge in [-0.2, -0.15) is 5.26 Å². The van der Waals surface area contributed by atoms with Crippen molar-refractivity contribution in [1.29, 1.82) is 5.26 Å². The molecule has 42 heavy (non-hydrogen) atoms. The van der Waals surface area contributed by atoms with Crippen molar-refractivity contribution in [1.82, 2.24) is 30.1 Å². The van der Waals surface area contributed by atoms with Crippen LogP contribution in [-0.4, -0.2) is 57.3 Å². The van der Waals surface area contributed by atoms with E-state index in [4.69, 9.17) is 16.3 Å². The molecule has 1 aliphatic carbocycles. The van der Waals surface area contributed by atoms with E-state index in [9.17, 15) is 5.26 Å². The highest BCUT2D eigenvalue weighted by Gasteiger charge is 2.34. The van der Waals surface area contributed by atoms with E-state index in [0.29, 0.717) is 29.0 Å². The predicted octanol–water partition coefficient (Wildman–Crippen LogP) is 3.26. The van der Waals surface area contributed by atoms with Crippen LogP contribution < -0.4 is 21.2 Å². The average Bonchev–Trinajstić information content (AvgIpc) is 3.50. The molecule has 0 unspecified atom stereocenters. The first-order valence-corrected chi connectivity index (χ1v) is 15.1. The SMILES string of the molecule is CC(C)(C)CNC1=c2cc(N[C@H](c3cn(C4CC4)nn3)c3cccc4c3CN(C3COC3)C4)cc(Cl)c2=NCN1C#N. The molecule has 1 aromatic heterocycles. The Morgan fingerprint density at radius 3 is 2.71 bits per heavy atom. The molecule has 11 heteroatoms. The summed E-state index contributed by atoms with van der Waals surface area (Å²) in [5.41, 5.74) is 5.58. The van der Waals surface area contributed by atoms with Gasteiger partial charge in [0.05, 0.1) is 47.9 Å². The van der Waals surface area contributed by atoms with Crippen LogP contribution in [-0.2, 0) is 17.8 Å². The van der Waals surface area contributed by atoms with Crippen LogP contribution in [0.5, 0.6) is 0 Å². The third-order valence-corrected chi connectivity index (χ3v) is 8.70. The summed E-state index contributed by atoms with van der Waals surface area (Å²) < 4.78 is 7.49. The number of nitrogens with one attached hydrogen (secondary N) is 2. The number of nitriles is 1. The highest BCUT2D eigenvalue weighted by molar-refractivity contribution is 6.30. The predicted molar refractivity (Wildman–Crippen MR) is 159 cm³/mol. The highest BCUT2D eigenvalue weighted by Crippen LogP contribution is 2.38. The van der Waals surface area contributed by atoms with Gasteiger partial charge in [0.1, 0.15) is 18.2 Å². The van der Waals surface area contributed by atoms with Gasteiger partial charge in [0.25, 0.3) is 0 Å². The lowest BCUT2D eigenvalue weighted by atomic mass is 9.95. The first-order chi connectivity index (χ1) is 20.3. The van der Waals surface area contributed by atoms with Crippen molar-refractivity contribution in [2.45, 2.75) is 64.8 Å². The van der Waals surface area contributed by atoms with Crippen LogP contribution in [0.2, 0.25) is 5.02 Å². The smallest absolute Gasteiger partial charge is 0.187 e. The third kappa shape index (κ3) is 5.21. The van der Waals surface area contributed by atoms with Gasteiger partial charge in [-0.1, -0.05) is 55.8 Å². The second kappa shape index (κ2) is 10.6. The summed E-state index contributed by atoms with van der Waals surface area (Å²) in [7, 11) is 0. The fourth-order valence-corrected chi connectivity index (χ4v) is 6.14. The zero-order valence-corrected chi connectivity index (χ0v) is 25.0. The summed E-state index contributed by atoms with van der Waals surface area (Å²) in [5.74, 6) is 0.721. The lowest BCUT2D eigenvalue weighted by Crippen LogP contribution is -2.46. The van der Waals surface area contributed by atoms with Gasteiger partial charge < -0.3 is 15.4 Å². The number of halogens is 1. The molecule has 0 radical (unpaired) electrons. The largest absolute Gasteiger partial charge is 0.378 e. The van der Waals surface area contributed by atoms with Gasteiger partial charge in [-0.25, -0.2) is 9.58 Å². The van der Waals surface area contributed by atoms with Crippen LogP contribution in [0.3, 0.4) is 0 Å². The zero-order chi connectivity index (χ0) is 29.0. The Morgan fingerprint density at radius 1 is 1.17 bits per heavy atom. The van der Waals surface area contributed by atoms with Crippen molar-refractivity contribution >= 4 is 23.1 Å². The van der Waals surface area contributed by atoms with Crippen molar-refractivity contribution in [3.8, 4) is 6.19 Å². The normalized spacial score (nSPS) is 19.4. The second-order valence-electron chi connectivity index (χ2n) is 13.0. The third-order valence-electron chi connectivity index (χ3n) is 8.41. The molecule has 2 fully saturated rings. The van der Waals surface area contributed by atoms with Crippen LogP contribution in [0.1, 0.15) is 68.1 Å². The van der Waals surface area contributed by atoms with E-state index in [1.807, 2.05) is 16.8 Å². The summed E-state index contributed by atoms with van der Waals surface area (Å²) >= 11 is 6.87. The molecule has 2 N–H and O–H groups in total. The number of hydrogen-bond acceptors (Lipinski definition) is 9. The lowest BCUT2D eigenvalue weighted by Gasteiger charge is -2.34. The molecule has 218 valence electrons. The van der Waals surface area contributed by atoms with Gasteiger partial charge >= 0.3 is 0 Å². The molecule has 7 rings (SSSR count). The van der Waals surface area contributed by atoms with E-state index in [2.05, 4.69) is 82.2 Å². The molecule has 1 saturated carbocycles. The maximum absolute atomic E-state index is 9.90. The minimum atomic E-state index is -0.238. The Kier molecular flexibility index (Phi) is 6.84. The molecule has 4 aliphatic rings. The van der Waals surface area contributed by atoms with Gasteiger partial charge in [-0.05, 0) is 47.1 Å². The molecule has 1 saturated heterocycles. The average molecular weight is 586 g/mol. The monoisotopic (exact) mass is 585 g/mol. The van der Waals surface area contributed by atoms with Crippen LogP contribution in [0, 0.1) is 16.9 Å². The molecule has 0 bridgehead atoms. The number of fused-ring (bicyclic) bond motifs is 2. The molecule has 3 aromatic rings. The van der Waals surface area contributed by atoms with E-state index in [1.165, 1.54) is 16.7 Å². The molecule has 10 nitrogen and oxygen atoms in total. The number of aromatic nitrogens is 3. The van der Waals surface area contributed by atoms with Crippen molar-refractivity contribution in [3.05, 3.63) is 74.5 Å². The number of ether oxygens (including phenoxy) is 1. The van der Waals surface area contributed by atoms with Crippen LogP contribution >= 0.6 is 11.6 Å². The molecular weight excluding hydrogens is 550 g/mol. The van der Waals surface area contributed by atoms with E-state index >= 15 is 0 Å². The van der Waals surface area contributed by atoms with Gasteiger partial charge in [-0.3, -0.25) is 9.89 Å². The summed E-state index contributed by atoms with van der Waals surface area (Å²) in [4.78, 5) is 8.72. The van der Waals surface area contributed by atoms with Crippen LogP contribution in [0.25, 0.3) is 5.82 Å². The summed E-state index contributed by atoms with van der Waals surface area (Å²) in [5, 5.41) is 28.4. The first kappa shape index (κ1) is 27.2. The molecule has 1 atom stereocenters. The van der Waals surface area contributed by atoms with Crippen molar-refractivity contribution < 1.29 is 4.74 Å². The Balaban J connectivity index is 1.30. The summed E-state index contributed by atoms with van der Waals surface area (Å²) in [6.07, 6.45) is 6.63. The summed E-state index contributed by atoms with van der Waals surface area (Å²) in [6, 6.07) is 11.2. The van der Waals surface area contributed by atoms with E-state index < -0.39 is 0 Å². The molecular formula is C31H36ClN9O. The Hall–Kier alpha value is -3.65. The Morgan fingerprint density at radius 2 is 2.00 bits per heavy atom. The van der Waals surface area contributed by atoms with Crippen molar-refractivity contribution in [2.24, 2.45) is 10.4 Å². The minimum absolute atomic E-state index is 0.0220. The van der Waals surface area contributed by atoms with Crippen molar-refractivity contribution in [3.63, 3.8) is 0 Å². The van der Waals surface area contributed by atoms with E-state index in [-0.39, 0.29) is 18.1 Å². The topological polar surface area (TPSA) is 107 Å². The zero-order valence-electron chi connectivity index (χ0n) is 24.3. The molecule has 2 aromatic carbocycles. The maximum Gasteiger partial charge on any atom is 0.187 e. The Labute approximate surface area is 250 Å². The first-order valence-electron chi connectivity index (χ1n) is 14.7. The molecule has 4 heterocycles. The summed E-state index contributed by atoms with van der Waals surface area (Å²) in [6.45, 7) is 10.8. The maximum atomic E-state index is 9.90. The van der Waals surface area contributed by atoms with Crippen LogP contribution in [0.15, 0.2) is 41.5 Å². The molecule has 0 spiro atoms. The van der Waals surface area contributed by atoms with Gasteiger partial charge in [0.2, 0.25) is 0 Å². The lowest BCUT2D eigenvalue weighted by molar-refractivity contribution is -0.0670. The molecule has 0 amide bonds. The molecule has 3 aliphatic heterocycles. The minimum Gasteiger partial charge on any atom is -0.378 e. The number of benzene rings is 2. The van der Waals surface area contributed by atoms with E-state index in [1.54, 1.807) is 4.90 Å². The van der Waals surface area contributed by atoms with Gasteiger partial charge in [0, 0.05) is 30.5 Å². The van der Waals surface area contributed by atoms with Gasteiger partial charge in [-0.15, -0.1) is 5.10 Å². The number of anilines is 1. The number of nitrogens with zero attached hydrogens (tertiary/aromatic N) is 7. The van der Waals surface area contributed by atoms with Crippen molar-refractivity contribution in [2.75, 3.05) is 31.7 Å². The van der Waals surface area contributed by atoms with Gasteiger partial charge in [0.15, 0.2) is 6.19 Å². The van der Waals surface area contributed by atoms with Crippen LogP contribution in [0.4, 0.5) is 5.69 Å². The number of rotatable bonds is 8.